The molecule has 2 aromatic rings. The van der Waals surface area contributed by atoms with Crippen molar-refractivity contribution in [2.24, 2.45) is 0 Å². The normalized spacial score (nSPS) is 10.9. The molecule has 1 aromatic carbocycles. The summed E-state index contributed by atoms with van der Waals surface area (Å²) in [6, 6.07) is 10.2. The Balaban J connectivity index is 2.06. The van der Waals surface area contributed by atoms with Crippen molar-refractivity contribution in [1.29, 1.82) is 0 Å². The molecule has 0 saturated carbocycles. The molecule has 160 valence electrons. The van der Waals surface area contributed by atoms with Crippen LogP contribution in [-0.2, 0) is 27.2 Å². The number of aryl methyl sites for hydroxylation is 1. The number of esters is 1. The van der Waals surface area contributed by atoms with E-state index in [0.717, 1.165) is 19.3 Å². The summed E-state index contributed by atoms with van der Waals surface area (Å²) in [5.74, 6) is -0.460. The van der Waals surface area contributed by atoms with Gasteiger partial charge in [0.05, 0.1) is 12.3 Å². The smallest absolute Gasteiger partial charge is 0.306 e. The van der Waals surface area contributed by atoms with E-state index in [1.54, 1.807) is 19.1 Å². The molecular formula is C23H29N3O4. The second kappa shape index (κ2) is 12.4. The Hall–Kier alpha value is -3.22. The van der Waals surface area contributed by atoms with E-state index in [4.69, 9.17) is 4.74 Å². The van der Waals surface area contributed by atoms with Crippen LogP contribution in [0.3, 0.4) is 0 Å². The molecule has 0 fully saturated rings. The molecule has 0 aliphatic heterocycles. The van der Waals surface area contributed by atoms with Crippen molar-refractivity contribution in [2.75, 3.05) is 11.9 Å². The van der Waals surface area contributed by atoms with Gasteiger partial charge < -0.3 is 4.74 Å². The van der Waals surface area contributed by atoms with Crippen LogP contribution in [0.2, 0.25) is 0 Å². The highest BCUT2D eigenvalue weighted by Gasteiger charge is 2.11. The summed E-state index contributed by atoms with van der Waals surface area (Å²) < 4.78 is 4.91. The molecular weight excluding hydrogens is 382 g/mol. The van der Waals surface area contributed by atoms with Crippen LogP contribution in [0.25, 0.3) is 6.08 Å². The van der Waals surface area contributed by atoms with E-state index < -0.39 is 0 Å². The second-order valence-electron chi connectivity index (χ2n) is 6.90. The molecule has 0 spiro atoms. The number of hydrogen-bond acceptors (Lipinski definition) is 5. The average Bonchev–Trinajstić information content (AvgIpc) is 2.70. The zero-order valence-corrected chi connectivity index (χ0v) is 17.6. The summed E-state index contributed by atoms with van der Waals surface area (Å²) in [5, 5.41) is 2.51. The Labute approximate surface area is 176 Å². The van der Waals surface area contributed by atoms with E-state index in [2.05, 4.69) is 27.4 Å². The topological polar surface area (TPSA) is 101 Å². The highest BCUT2D eigenvalue weighted by atomic mass is 16.5. The van der Waals surface area contributed by atoms with E-state index in [9.17, 15) is 14.4 Å². The van der Waals surface area contributed by atoms with Gasteiger partial charge in [-0.05, 0) is 50.7 Å². The lowest BCUT2D eigenvalue weighted by Gasteiger charge is -2.08. The molecule has 30 heavy (non-hydrogen) atoms. The largest absolute Gasteiger partial charge is 0.466 e. The maximum Gasteiger partial charge on any atom is 0.306 e. The molecule has 1 amide bonds. The number of anilines is 1. The first-order valence-electron chi connectivity index (χ1n) is 10.3. The molecule has 2 N–H and O–H groups in total. The van der Waals surface area contributed by atoms with Crippen LogP contribution in [0.1, 0.15) is 56.4 Å². The highest BCUT2D eigenvalue weighted by Crippen LogP contribution is 2.13. The molecule has 0 bridgehead atoms. The maximum absolute atomic E-state index is 12.6. The van der Waals surface area contributed by atoms with Crippen molar-refractivity contribution in [2.45, 2.75) is 52.4 Å². The number of aromatic nitrogens is 2. The van der Waals surface area contributed by atoms with Crippen LogP contribution in [0.15, 0.2) is 41.2 Å². The number of allylic oxidation sites excluding steroid dienone is 1. The quantitative estimate of drug-likeness (QED) is 0.434. The molecule has 0 radical (unpaired) electrons. The molecule has 0 atom stereocenters. The third-order valence-corrected chi connectivity index (χ3v) is 4.42. The van der Waals surface area contributed by atoms with E-state index >= 15 is 0 Å². The van der Waals surface area contributed by atoms with Crippen molar-refractivity contribution in [3.8, 4) is 0 Å². The number of rotatable bonds is 11. The summed E-state index contributed by atoms with van der Waals surface area (Å²) in [7, 11) is 0. The molecule has 0 aliphatic carbocycles. The fourth-order valence-electron chi connectivity index (χ4n) is 3.03. The first kappa shape index (κ1) is 23.1. The maximum atomic E-state index is 12.6. The Kier molecular flexibility index (Phi) is 9.51. The standard InChI is InChI=1S/C23H29N3O4/c1-3-30-21(28)16-10-9-15-20-19(22(29)26-23(25-20)24-17(2)27)14-8-7-13-18-11-5-4-6-12-18/h4-6,9,11-12,15H,3,7-8,10,13-14,16H2,1-2H3,(H2,24,25,26,27,29)/b15-9+. The van der Waals surface area contributed by atoms with Gasteiger partial charge in [0, 0.05) is 18.9 Å². The van der Waals surface area contributed by atoms with Crippen LogP contribution in [-0.4, -0.2) is 28.5 Å². The van der Waals surface area contributed by atoms with Gasteiger partial charge in [-0.2, -0.15) is 0 Å². The minimum atomic E-state index is -0.314. The fraction of sp³-hybridized carbons (Fsp3) is 0.391. The number of unbranched alkanes of at least 4 members (excludes halogenated alkanes) is 1. The number of ether oxygens (including phenoxy) is 1. The zero-order chi connectivity index (χ0) is 21.8. The summed E-state index contributed by atoms with van der Waals surface area (Å²) in [4.78, 5) is 42.4. The lowest BCUT2D eigenvalue weighted by Crippen LogP contribution is -2.21. The molecule has 7 heteroatoms. The fourth-order valence-corrected chi connectivity index (χ4v) is 3.03. The molecule has 1 heterocycles. The molecule has 2 rings (SSSR count). The van der Waals surface area contributed by atoms with Gasteiger partial charge >= 0.3 is 5.97 Å². The molecule has 0 saturated heterocycles. The summed E-state index contributed by atoms with van der Waals surface area (Å²) in [6.07, 6.45) is 7.57. The summed E-state index contributed by atoms with van der Waals surface area (Å²) in [6.45, 7) is 3.47. The van der Waals surface area contributed by atoms with Gasteiger partial charge in [0.25, 0.3) is 5.56 Å². The van der Waals surface area contributed by atoms with Gasteiger partial charge in [-0.1, -0.05) is 36.4 Å². The number of aromatic amines is 1. The van der Waals surface area contributed by atoms with Crippen molar-refractivity contribution < 1.29 is 14.3 Å². The molecule has 0 unspecified atom stereocenters. The summed E-state index contributed by atoms with van der Waals surface area (Å²) >= 11 is 0. The van der Waals surface area contributed by atoms with Gasteiger partial charge in [0.1, 0.15) is 0 Å². The monoisotopic (exact) mass is 411 g/mol. The number of amides is 1. The second-order valence-corrected chi connectivity index (χ2v) is 6.90. The number of hydrogen-bond donors (Lipinski definition) is 2. The first-order chi connectivity index (χ1) is 14.5. The third kappa shape index (κ3) is 8.03. The van der Waals surface area contributed by atoms with E-state index in [1.165, 1.54) is 12.5 Å². The van der Waals surface area contributed by atoms with E-state index in [-0.39, 0.29) is 29.8 Å². The van der Waals surface area contributed by atoms with E-state index in [1.807, 2.05) is 18.2 Å². The van der Waals surface area contributed by atoms with Crippen LogP contribution >= 0.6 is 0 Å². The van der Waals surface area contributed by atoms with Crippen LogP contribution in [0, 0.1) is 0 Å². The van der Waals surface area contributed by atoms with E-state index in [0.29, 0.717) is 30.7 Å². The van der Waals surface area contributed by atoms with Crippen LogP contribution in [0.4, 0.5) is 5.95 Å². The summed E-state index contributed by atoms with van der Waals surface area (Å²) in [5.41, 5.74) is 2.08. The van der Waals surface area contributed by atoms with Crippen molar-refractivity contribution >= 4 is 23.9 Å². The molecule has 0 aliphatic rings. The molecule has 1 aromatic heterocycles. The Morgan fingerprint density at radius 2 is 1.90 bits per heavy atom. The van der Waals surface area contributed by atoms with Crippen molar-refractivity contribution in [3.63, 3.8) is 0 Å². The Morgan fingerprint density at radius 1 is 1.17 bits per heavy atom. The predicted molar refractivity (Wildman–Crippen MR) is 117 cm³/mol. The van der Waals surface area contributed by atoms with Gasteiger partial charge in [-0.25, -0.2) is 4.98 Å². The number of carbonyl (C=O) groups is 2. The van der Waals surface area contributed by atoms with Gasteiger partial charge in [0.2, 0.25) is 11.9 Å². The number of nitrogens with one attached hydrogen (secondary N) is 2. The zero-order valence-electron chi connectivity index (χ0n) is 17.6. The van der Waals surface area contributed by atoms with Crippen molar-refractivity contribution in [3.05, 3.63) is 63.6 Å². The minimum Gasteiger partial charge on any atom is -0.466 e. The number of carbonyl (C=O) groups excluding carboxylic acids is 2. The van der Waals surface area contributed by atoms with Crippen LogP contribution < -0.4 is 10.9 Å². The minimum absolute atomic E-state index is 0.116. The van der Waals surface area contributed by atoms with Gasteiger partial charge in [0.15, 0.2) is 0 Å². The SMILES string of the molecule is CCOC(=O)CC/C=C/c1nc(NC(C)=O)[nH]c(=O)c1CCCCc1ccccc1. The number of benzene rings is 1. The lowest BCUT2D eigenvalue weighted by molar-refractivity contribution is -0.143. The predicted octanol–water partition coefficient (Wildman–Crippen LogP) is 3.65. The van der Waals surface area contributed by atoms with Gasteiger partial charge in [-0.3, -0.25) is 24.7 Å². The van der Waals surface area contributed by atoms with Crippen LogP contribution in [0.5, 0.6) is 0 Å². The third-order valence-electron chi connectivity index (χ3n) is 4.42. The number of nitrogens with zero attached hydrogens (tertiary/aromatic N) is 1. The Bertz CT molecular complexity index is 920. The Morgan fingerprint density at radius 3 is 2.60 bits per heavy atom. The molecule has 7 nitrogen and oxygen atoms in total. The number of H-pyrrole nitrogens is 1. The first-order valence-corrected chi connectivity index (χ1v) is 10.3. The highest BCUT2D eigenvalue weighted by molar-refractivity contribution is 5.86. The lowest BCUT2D eigenvalue weighted by atomic mass is 10.0. The average molecular weight is 412 g/mol. The van der Waals surface area contributed by atoms with Crippen molar-refractivity contribution in [1.82, 2.24) is 9.97 Å². The van der Waals surface area contributed by atoms with Gasteiger partial charge in [-0.15, -0.1) is 0 Å².